The number of ether oxygens (including phenoxy) is 1. The van der Waals surface area contributed by atoms with Gasteiger partial charge in [-0.25, -0.2) is 13.8 Å². The molecule has 31 heavy (non-hydrogen) atoms. The van der Waals surface area contributed by atoms with Crippen molar-refractivity contribution in [3.63, 3.8) is 0 Å². The Morgan fingerprint density at radius 1 is 1.19 bits per heavy atom. The Bertz CT molecular complexity index is 1090. The molecule has 1 aliphatic heterocycles. The lowest BCUT2D eigenvalue weighted by molar-refractivity contribution is 0.0391. The van der Waals surface area contributed by atoms with Gasteiger partial charge in [0.05, 0.1) is 28.5 Å². The quantitative estimate of drug-likeness (QED) is 0.470. The van der Waals surface area contributed by atoms with Crippen LogP contribution in [0, 0.1) is 11.6 Å². The third-order valence-electron chi connectivity index (χ3n) is 4.78. The normalized spacial score (nSPS) is 14.5. The summed E-state index contributed by atoms with van der Waals surface area (Å²) in [5.41, 5.74) is 0.245. The maximum absolute atomic E-state index is 14.2. The first kappa shape index (κ1) is 24.1. The van der Waals surface area contributed by atoms with Gasteiger partial charge in [0.1, 0.15) is 11.3 Å². The number of nitrogens with zero attached hydrogens (tertiary/aromatic N) is 3. The highest BCUT2D eigenvalue weighted by molar-refractivity contribution is 7.22. The Morgan fingerprint density at radius 3 is 2.68 bits per heavy atom. The maximum atomic E-state index is 14.2. The van der Waals surface area contributed by atoms with E-state index in [-0.39, 0.29) is 33.6 Å². The van der Waals surface area contributed by atoms with E-state index in [9.17, 15) is 13.6 Å². The summed E-state index contributed by atoms with van der Waals surface area (Å²) in [7, 11) is 0. The van der Waals surface area contributed by atoms with E-state index in [0.717, 1.165) is 30.5 Å². The number of carbonyl (C=O) groups is 1. The third kappa shape index (κ3) is 5.45. The molecule has 5 nitrogen and oxygen atoms in total. The number of hydrogen-bond acceptors (Lipinski definition) is 5. The van der Waals surface area contributed by atoms with Crippen molar-refractivity contribution >= 4 is 68.2 Å². The van der Waals surface area contributed by atoms with Crippen LogP contribution < -0.4 is 4.90 Å². The predicted molar refractivity (Wildman–Crippen MR) is 122 cm³/mol. The summed E-state index contributed by atoms with van der Waals surface area (Å²) in [5.74, 6) is -1.87. The molecule has 0 aliphatic carbocycles. The minimum atomic E-state index is -0.770. The van der Waals surface area contributed by atoms with Gasteiger partial charge in [-0.1, -0.05) is 34.5 Å². The highest BCUT2D eigenvalue weighted by Gasteiger charge is 2.25. The van der Waals surface area contributed by atoms with E-state index >= 15 is 0 Å². The average Bonchev–Trinajstić information content (AvgIpc) is 3.14. The second-order valence-corrected chi connectivity index (χ2v) is 8.62. The van der Waals surface area contributed by atoms with Crippen LogP contribution in [-0.2, 0) is 4.74 Å². The molecular formula is C20H18Cl3F2N3O2S. The Balaban J connectivity index is 0.00000272. The average molecular weight is 509 g/mol. The SMILES string of the molecule is Cl.O=C(c1cc(Cl)ccc1Cl)N(CCN1CCOCC1)c1nc2c(F)cc(F)cc2s1. The molecule has 0 unspecified atom stereocenters. The number of carbonyl (C=O) groups excluding carboxylic acids is 1. The first-order valence-corrected chi connectivity index (χ1v) is 10.8. The summed E-state index contributed by atoms with van der Waals surface area (Å²) in [6, 6.07) is 6.61. The largest absolute Gasteiger partial charge is 0.379 e. The summed E-state index contributed by atoms with van der Waals surface area (Å²) >= 11 is 13.3. The fourth-order valence-electron chi connectivity index (χ4n) is 3.22. The minimum Gasteiger partial charge on any atom is -0.379 e. The zero-order valence-corrected chi connectivity index (χ0v) is 19.3. The molecule has 4 rings (SSSR count). The summed E-state index contributed by atoms with van der Waals surface area (Å²) in [6.07, 6.45) is 0. The lowest BCUT2D eigenvalue weighted by Crippen LogP contribution is -2.43. The van der Waals surface area contributed by atoms with Crippen LogP contribution in [0.3, 0.4) is 0 Å². The van der Waals surface area contributed by atoms with Crippen molar-refractivity contribution in [1.82, 2.24) is 9.88 Å². The van der Waals surface area contributed by atoms with E-state index in [4.69, 9.17) is 27.9 Å². The summed E-state index contributed by atoms with van der Waals surface area (Å²) < 4.78 is 33.5. The van der Waals surface area contributed by atoms with E-state index in [2.05, 4.69) is 9.88 Å². The van der Waals surface area contributed by atoms with Crippen LogP contribution in [-0.4, -0.2) is 55.2 Å². The molecule has 1 saturated heterocycles. The maximum Gasteiger partial charge on any atom is 0.261 e. The summed E-state index contributed by atoms with van der Waals surface area (Å²) in [4.78, 5) is 21.2. The van der Waals surface area contributed by atoms with E-state index in [1.165, 1.54) is 17.0 Å². The van der Waals surface area contributed by atoms with Crippen molar-refractivity contribution in [2.24, 2.45) is 0 Å². The Hall–Kier alpha value is -1.55. The van der Waals surface area contributed by atoms with Gasteiger partial charge in [-0.15, -0.1) is 12.4 Å². The van der Waals surface area contributed by atoms with Gasteiger partial charge in [0.15, 0.2) is 10.9 Å². The van der Waals surface area contributed by atoms with Crippen molar-refractivity contribution in [1.29, 1.82) is 0 Å². The van der Waals surface area contributed by atoms with E-state index in [1.807, 2.05) is 0 Å². The van der Waals surface area contributed by atoms with Crippen LogP contribution in [0.1, 0.15) is 10.4 Å². The lowest BCUT2D eigenvalue weighted by atomic mass is 10.2. The molecule has 2 aromatic carbocycles. The molecule has 1 aliphatic rings. The number of thiazole rings is 1. The molecule has 2 heterocycles. The van der Waals surface area contributed by atoms with Gasteiger partial charge in [0, 0.05) is 37.3 Å². The molecule has 1 fully saturated rings. The third-order valence-corrected chi connectivity index (χ3v) is 6.37. The Kier molecular flexibility index (Phi) is 8.07. The lowest BCUT2D eigenvalue weighted by Gasteiger charge is -2.29. The second-order valence-electron chi connectivity index (χ2n) is 6.77. The monoisotopic (exact) mass is 507 g/mol. The zero-order chi connectivity index (χ0) is 21.3. The highest BCUT2D eigenvalue weighted by atomic mass is 35.5. The Morgan fingerprint density at radius 2 is 1.94 bits per heavy atom. The van der Waals surface area contributed by atoms with Gasteiger partial charge >= 0.3 is 0 Å². The molecule has 0 spiro atoms. The van der Waals surface area contributed by atoms with Gasteiger partial charge in [0.25, 0.3) is 5.91 Å². The number of amides is 1. The molecule has 0 atom stereocenters. The number of benzene rings is 2. The molecule has 1 aromatic heterocycles. The number of morpholine rings is 1. The molecule has 166 valence electrons. The number of fused-ring (bicyclic) bond motifs is 1. The van der Waals surface area contributed by atoms with Crippen molar-refractivity contribution in [2.75, 3.05) is 44.3 Å². The predicted octanol–water partition coefficient (Wildman–Crippen LogP) is 5.28. The molecule has 1 amide bonds. The van der Waals surface area contributed by atoms with E-state index in [1.54, 1.807) is 12.1 Å². The van der Waals surface area contributed by atoms with Crippen molar-refractivity contribution in [3.8, 4) is 0 Å². The smallest absolute Gasteiger partial charge is 0.261 e. The summed E-state index contributed by atoms with van der Waals surface area (Å²) in [6.45, 7) is 3.62. The van der Waals surface area contributed by atoms with Crippen molar-refractivity contribution < 1.29 is 18.3 Å². The standard InChI is InChI=1S/C20H17Cl2F2N3O2S.ClH/c21-12-1-2-15(22)14(9-12)19(28)27(4-3-26-5-7-29-8-6-26)20-25-18-16(24)10-13(23)11-17(18)30-20;/h1-2,9-11H,3-8H2;1H. The molecule has 11 heteroatoms. The van der Waals surface area contributed by atoms with Gasteiger partial charge in [-0.3, -0.25) is 14.6 Å². The number of aromatic nitrogens is 1. The fourth-order valence-corrected chi connectivity index (χ4v) is 4.62. The van der Waals surface area contributed by atoms with Crippen LogP contribution in [0.15, 0.2) is 30.3 Å². The van der Waals surface area contributed by atoms with Gasteiger partial charge in [0.2, 0.25) is 0 Å². The topological polar surface area (TPSA) is 45.7 Å². The zero-order valence-electron chi connectivity index (χ0n) is 16.1. The molecule has 0 radical (unpaired) electrons. The minimum absolute atomic E-state index is 0. The van der Waals surface area contributed by atoms with Crippen LogP contribution >= 0.6 is 46.9 Å². The second kappa shape index (κ2) is 10.4. The van der Waals surface area contributed by atoms with Crippen LogP contribution in [0.2, 0.25) is 10.0 Å². The number of anilines is 1. The van der Waals surface area contributed by atoms with E-state index in [0.29, 0.717) is 36.0 Å². The van der Waals surface area contributed by atoms with Crippen LogP contribution in [0.4, 0.5) is 13.9 Å². The van der Waals surface area contributed by atoms with Crippen molar-refractivity contribution in [2.45, 2.75) is 0 Å². The number of hydrogen-bond donors (Lipinski definition) is 0. The first-order chi connectivity index (χ1) is 14.4. The van der Waals surface area contributed by atoms with Crippen LogP contribution in [0.25, 0.3) is 10.2 Å². The number of rotatable bonds is 5. The molecular weight excluding hydrogens is 491 g/mol. The molecule has 0 bridgehead atoms. The van der Waals surface area contributed by atoms with Crippen LogP contribution in [0.5, 0.6) is 0 Å². The van der Waals surface area contributed by atoms with Crippen molar-refractivity contribution in [3.05, 3.63) is 57.6 Å². The van der Waals surface area contributed by atoms with E-state index < -0.39 is 17.5 Å². The van der Waals surface area contributed by atoms with Gasteiger partial charge in [-0.2, -0.15) is 0 Å². The Labute approximate surface area is 197 Å². The first-order valence-electron chi connectivity index (χ1n) is 9.25. The van der Waals surface area contributed by atoms with Gasteiger partial charge in [-0.05, 0) is 24.3 Å². The highest BCUT2D eigenvalue weighted by Crippen LogP contribution is 2.33. The molecule has 0 saturated carbocycles. The number of halogens is 5. The molecule has 0 N–H and O–H groups in total. The summed E-state index contributed by atoms with van der Waals surface area (Å²) in [5, 5.41) is 0.885. The van der Waals surface area contributed by atoms with Gasteiger partial charge < -0.3 is 4.74 Å². The fraction of sp³-hybridized carbons (Fsp3) is 0.300. The molecule has 3 aromatic rings.